The van der Waals surface area contributed by atoms with E-state index in [2.05, 4.69) is 0 Å². The molecule has 0 N–H and O–H groups in total. The van der Waals surface area contributed by atoms with Crippen molar-refractivity contribution in [2.45, 2.75) is 37.5 Å². The number of halogens is 1. The maximum Gasteiger partial charge on any atom is 0.338 e. The molecule has 0 saturated heterocycles. The minimum Gasteiger partial charge on any atom is -0.462 e. The minimum absolute atomic E-state index is 0.0620. The number of sulfone groups is 1. The molecule has 1 aromatic rings. The molecule has 4 nitrogen and oxygen atoms in total. The van der Waals surface area contributed by atoms with E-state index >= 15 is 0 Å². The standard InChI is InChI=1S/C17H21ClO4S/c1-3-22-17(19)14(10-12-6-4-5-7-12)13-8-9-16(15(18)11-13)23(2,20)21/h8-12H,3-7H2,1-2H3/b14-10-. The Morgan fingerprint density at radius 3 is 2.52 bits per heavy atom. The van der Waals surface area contributed by atoms with Gasteiger partial charge in [-0.3, -0.25) is 0 Å². The Hall–Kier alpha value is -1.33. The van der Waals surface area contributed by atoms with Crippen molar-refractivity contribution in [2.75, 3.05) is 12.9 Å². The molecule has 6 heteroatoms. The Balaban J connectivity index is 2.43. The van der Waals surface area contributed by atoms with Gasteiger partial charge in [-0.25, -0.2) is 13.2 Å². The Kier molecular flexibility index (Phi) is 5.87. The van der Waals surface area contributed by atoms with Gasteiger partial charge in [0.1, 0.15) is 0 Å². The van der Waals surface area contributed by atoms with Gasteiger partial charge in [-0.05, 0) is 43.4 Å². The third-order valence-electron chi connectivity index (χ3n) is 3.94. The highest BCUT2D eigenvalue weighted by Gasteiger charge is 2.21. The van der Waals surface area contributed by atoms with Gasteiger partial charge < -0.3 is 4.74 Å². The molecule has 1 aliphatic carbocycles. The molecule has 0 aromatic heterocycles. The Labute approximate surface area is 142 Å². The molecular formula is C17H21ClO4S. The van der Waals surface area contributed by atoms with Crippen LogP contribution in [-0.2, 0) is 19.4 Å². The first kappa shape index (κ1) is 18.0. The van der Waals surface area contributed by atoms with E-state index in [-0.39, 0.29) is 16.5 Å². The number of hydrogen-bond acceptors (Lipinski definition) is 4. The van der Waals surface area contributed by atoms with Crippen LogP contribution in [0.5, 0.6) is 0 Å². The van der Waals surface area contributed by atoms with E-state index in [1.165, 1.54) is 12.1 Å². The number of allylic oxidation sites excluding steroid dienone is 1. The van der Waals surface area contributed by atoms with Crippen molar-refractivity contribution in [3.63, 3.8) is 0 Å². The van der Waals surface area contributed by atoms with Gasteiger partial charge in [-0.15, -0.1) is 0 Å². The zero-order valence-electron chi connectivity index (χ0n) is 13.3. The first-order chi connectivity index (χ1) is 10.8. The summed E-state index contributed by atoms with van der Waals surface area (Å²) in [5, 5.41) is 0.117. The van der Waals surface area contributed by atoms with Gasteiger partial charge in [0.05, 0.1) is 22.1 Å². The summed E-state index contributed by atoms with van der Waals surface area (Å²) in [6.45, 7) is 2.04. The fourth-order valence-corrected chi connectivity index (χ4v) is 4.15. The van der Waals surface area contributed by atoms with E-state index in [0.29, 0.717) is 17.1 Å². The quantitative estimate of drug-likeness (QED) is 0.593. The maximum atomic E-state index is 12.3. The summed E-state index contributed by atoms with van der Waals surface area (Å²) >= 11 is 6.10. The third-order valence-corrected chi connectivity index (χ3v) is 5.52. The molecule has 0 spiro atoms. The fraction of sp³-hybridized carbons (Fsp3) is 0.471. The van der Waals surface area contributed by atoms with Crippen molar-refractivity contribution in [1.82, 2.24) is 0 Å². The normalized spacial score (nSPS) is 16.6. The molecule has 0 radical (unpaired) electrons. The van der Waals surface area contributed by atoms with Crippen LogP contribution in [0.15, 0.2) is 29.2 Å². The van der Waals surface area contributed by atoms with E-state index in [1.54, 1.807) is 13.0 Å². The number of carbonyl (C=O) groups is 1. The van der Waals surface area contributed by atoms with Gasteiger partial charge in [0.25, 0.3) is 0 Å². The van der Waals surface area contributed by atoms with Crippen LogP contribution in [0.25, 0.3) is 5.57 Å². The summed E-state index contributed by atoms with van der Waals surface area (Å²) in [5.41, 5.74) is 1.05. The van der Waals surface area contributed by atoms with E-state index < -0.39 is 15.8 Å². The zero-order chi connectivity index (χ0) is 17.0. The highest BCUT2D eigenvalue weighted by atomic mass is 35.5. The van der Waals surface area contributed by atoms with Crippen LogP contribution in [0.1, 0.15) is 38.2 Å². The van der Waals surface area contributed by atoms with Crippen LogP contribution in [0.3, 0.4) is 0 Å². The molecule has 1 aromatic carbocycles. The molecule has 126 valence electrons. The summed E-state index contributed by atoms with van der Waals surface area (Å²) in [4.78, 5) is 12.3. The summed E-state index contributed by atoms with van der Waals surface area (Å²) in [5.74, 6) is -0.0506. The first-order valence-electron chi connectivity index (χ1n) is 7.72. The lowest BCUT2D eigenvalue weighted by molar-refractivity contribution is -0.136. The molecular weight excluding hydrogens is 336 g/mol. The molecule has 0 unspecified atom stereocenters. The molecule has 0 bridgehead atoms. The summed E-state index contributed by atoms with van der Waals surface area (Å²) in [6.07, 6.45) is 7.47. The van der Waals surface area contributed by atoms with E-state index in [9.17, 15) is 13.2 Å². The largest absolute Gasteiger partial charge is 0.462 e. The number of esters is 1. The summed E-state index contributed by atoms with van der Waals surface area (Å²) < 4.78 is 28.5. The van der Waals surface area contributed by atoms with Crippen molar-refractivity contribution in [3.8, 4) is 0 Å². The predicted octanol–water partition coefficient (Wildman–Crippen LogP) is 3.88. The average Bonchev–Trinajstić information content (AvgIpc) is 2.96. The fourth-order valence-electron chi connectivity index (χ4n) is 2.82. The second-order valence-corrected chi connectivity index (χ2v) is 8.15. The Morgan fingerprint density at radius 2 is 2.00 bits per heavy atom. The molecule has 0 atom stereocenters. The molecule has 23 heavy (non-hydrogen) atoms. The Bertz CT molecular complexity index is 716. The lowest BCUT2D eigenvalue weighted by Crippen LogP contribution is -2.09. The number of hydrogen-bond donors (Lipinski definition) is 0. The van der Waals surface area contributed by atoms with E-state index in [4.69, 9.17) is 16.3 Å². The Morgan fingerprint density at radius 1 is 1.35 bits per heavy atom. The number of ether oxygens (including phenoxy) is 1. The second kappa shape index (κ2) is 7.49. The molecule has 0 aliphatic heterocycles. The van der Waals surface area contributed by atoms with Gasteiger partial charge >= 0.3 is 5.97 Å². The minimum atomic E-state index is -3.40. The monoisotopic (exact) mass is 356 g/mol. The highest BCUT2D eigenvalue weighted by molar-refractivity contribution is 7.90. The lowest BCUT2D eigenvalue weighted by Gasteiger charge is -2.12. The van der Waals surface area contributed by atoms with E-state index in [0.717, 1.165) is 31.9 Å². The van der Waals surface area contributed by atoms with Crippen LogP contribution in [-0.4, -0.2) is 27.2 Å². The van der Waals surface area contributed by atoms with Gasteiger partial charge in [-0.1, -0.05) is 36.6 Å². The molecule has 0 heterocycles. The van der Waals surface area contributed by atoms with Gasteiger partial charge in [0, 0.05) is 6.26 Å². The van der Waals surface area contributed by atoms with Gasteiger partial charge in [-0.2, -0.15) is 0 Å². The first-order valence-corrected chi connectivity index (χ1v) is 9.98. The van der Waals surface area contributed by atoms with Crippen LogP contribution in [0, 0.1) is 5.92 Å². The van der Waals surface area contributed by atoms with Crippen molar-refractivity contribution < 1.29 is 17.9 Å². The van der Waals surface area contributed by atoms with Gasteiger partial charge in [0.15, 0.2) is 9.84 Å². The number of carbonyl (C=O) groups excluding carboxylic acids is 1. The van der Waals surface area contributed by atoms with Crippen LogP contribution < -0.4 is 0 Å². The van der Waals surface area contributed by atoms with Crippen molar-refractivity contribution in [2.24, 2.45) is 5.92 Å². The predicted molar refractivity (Wildman–Crippen MR) is 91.1 cm³/mol. The van der Waals surface area contributed by atoms with E-state index in [1.807, 2.05) is 6.08 Å². The van der Waals surface area contributed by atoms with Crippen molar-refractivity contribution in [1.29, 1.82) is 0 Å². The van der Waals surface area contributed by atoms with Crippen molar-refractivity contribution in [3.05, 3.63) is 34.9 Å². The maximum absolute atomic E-state index is 12.3. The summed E-state index contributed by atoms with van der Waals surface area (Å²) in [6, 6.07) is 4.57. The highest BCUT2D eigenvalue weighted by Crippen LogP contribution is 2.31. The lowest BCUT2D eigenvalue weighted by atomic mass is 9.99. The second-order valence-electron chi connectivity index (χ2n) is 5.76. The molecule has 0 amide bonds. The summed E-state index contributed by atoms with van der Waals surface area (Å²) in [7, 11) is -3.40. The van der Waals surface area contributed by atoms with Gasteiger partial charge in [0.2, 0.25) is 0 Å². The SMILES string of the molecule is CCOC(=O)/C(=C\C1CCCC1)c1ccc(S(C)(=O)=O)c(Cl)c1. The van der Waals surface area contributed by atoms with Crippen molar-refractivity contribution >= 4 is 33.0 Å². The van der Waals surface area contributed by atoms with Crippen LogP contribution in [0.2, 0.25) is 5.02 Å². The third kappa shape index (κ3) is 4.58. The number of rotatable bonds is 5. The van der Waals surface area contributed by atoms with Crippen LogP contribution in [0.4, 0.5) is 0 Å². The van der Waals surface area contributed by atoms with Crippen LogP contribution >= 0.6 is 11.6 Å². The molecule has 2 rings (SSSR count). The average molecular weight is 357 g/mol. The topological polar surface area (TPSA) is 60.4 Å². The zero-order valence-corrected chi connectivity index (χ0v) is 14.9. The number of benzene rings is 1. The molecule has 1 saturated carbocycles. The smallest absolute Gasteiger partial charge is 0.338 e. The molecule has 1 fully saturated rings. The molecule has 1 aliphatic rings.